The molecule has 0 bridgehead atoms. The van der Waals surface area contributed by atoms with Crippen LogP contribution in [0.4, 0.5) is 0 Å². The Balaban J connectivity index is 2.11. The molecule has 0 aromatic carbocycles. The molecule has 1 fully saturated rings. The minimum Gasteiger partial charge on any atom is -0.445 e. The van der Waals surface area contributed by atoms with Crippen molar-refractivity contribution in [3.05, 3.63) is 28.7 Å². The Morgan fingerprint density at radius 3 is 2.62 bits per heavy atom. The third kappa shape index (κ3) is 3.05. The van der Waals surface area contributed by atoms with Crippen molar-refractivity contribution in [2.24, 2.45) is 5.92 Å². The molecule has 0 amide bonds. The molecule has 0 spiro atoms. The number of hydrogen-bond donors (Lipinski definition) is 0. The Labute approximate surface area is 106 Å². The molecule has 0 atom stereocenters. The van der Waals surface area contributed by atoms with Crippen molar-refractivity contribution in [3.63, 3.8) is 0 Å². The first-order valence-corrected chi connectivity index (χ1v) is 6.72. The van der Waals surface area contributed by atoms with E-state index in [1.54, 1.807) is 6.07 Å². The highest BCUT2D eigenvalue weighted by atomic mass is 35.5. The van der Waals surface area contributed by atoms with Crippen molar-refractivity contribution < 1.29 is 4.42 Å². The quantitative estimate of drug-likeness (QED) is 0.685. The van der Waals surface area contributed by atoms with Crippen LogP contribution in [-0.2, 0) is 0 Å². The molecule has 0 saturated heterocycles. The van der Waals surface area contributed by atoms with Gasteiger partial charge in [0.05, 0.1) is 0 Å². The predicted octanol–water partition coefficient (Wildman–Crippen LogP) is 5.14. The zero-order valence-corrected chi connectivity index (χ0v) is 10.7. The summed E-state index contributed by atoms with van der Waals surface area (Å²) in [4.78, 5) is 0. The topological polar surface area (TPSA) is 13.1 Å². The first-order valence-electron chi connectivity index (χ1n) is 5.81. The van der Waals surface area contributed by atoms with Crippen LogP contribution in [0.1, 0.15) is 37.9 Å². The summed E-state index contributed by atoms with van der Waals surface area (Å²) in [6.45, 7) is 0. The molecule has 0 unspecified atom stereocenters. The third-order valence-corrected chi connectivity index (χ3v) is 3.72. The number of furan rings is 1. The van der Waals surface area contributed by atoms with E-state index in [0.29, 0.717) is 17.0 Å². The van der Waals surface area contributed by atoms with Crippen molar-refractivity contribution >= 4 is 29.3 Å². The molecule has 1 saturated carbocycles. The van der Waals surface area contributed by atoms with Gasteiger partial charge in [0.1, 0.15) is 5.76 Å². The summed E-state index contributed by atoms with van der Waals surface area (Å²) in [7, 11) is 0. The minimum absolute atomic E-state index is 0.434. The van der Waals surface area contributed by atoms with Gasteiger partial charge in [0.25, 0.3) is 0 Å². The van der Waals surface area contributed by atoms with Gasteiger partial charge in [-0.2, -0.15) is 0 Å². The van der Waals surface area contributed by atoms with Crippen LogP contribution in [0.25, 0.3) is 6.08 Å². The molecule has 16 heavy (non-hydrogen) atoms. The zero-order chi connectivity index (χ0) is 11.4. The number of halogens is 2. The molecule has 3 heteroatoms. The highest BCUT2D eigenvalue weighted by Gasteiger charge is 2.17. The summed E-state index contributed by atoms with van der Waals surface area (Å²) in [5.41, 5.74) is 1.28. The molecule has 2 rings (SSSR count). The lowest BCUT2D eigenvalue weighted by atomic mass is 9.84. The molecule has 0 aliphatic heterocycles. The summed E-state index contributed by atoms with van der Waals surface area (Å²) >= 11 is 11.8. The van der Waals surface area contributed by atoms with Crippen LogP contribution in [0, 0.1) is 5.92 Å². The molecular formula is C13H16Cl2O. The maximum absolute atomic E-state index is 6.01. The lowest BCUT2D eigenvalue weighted by Crippen LogP contribution is -2.10. The van der Waals surface area contributed by atoms with Gasteiger partial charge in [-0.3, -0.25) is 0 Å². The van der Waals surface area contributed by atoms with Crippen LogP contribution >= 0.6 is 23.2 Å². The van der Waals surface area contributed by atoms with Gasteiger partial charge in [0.2, 0.25) is 0 Å². The summed E-state index contributed by atoms with van der Waals surface area (Å²) in [5.74, 6) is 2.03. The number of hydrogen-bond acceptors (Lipinski definition) is 1. The number of rotatable bonds is 3. The summed E-state index contributed by atoms with van der Waals surface area (Å²) in [5, 5.41) is 0.434. The van der Waals surface area contributed by atoms with Crippen LogP contribution in [0.15, 0.2) is 22.1 Å². The first-order chi connectivity index (χ1) is 7.79. The SMILES string of the molecule is ClCC(=Cc1ccc(Cl)o1)C1CCCCC1. The van der Waals surface area contributed by atoms with E-state index in [0.717, 1.165) is 5.76 Å². The average Bonchev–Trinajstić information content (AvgIpc) is 2.73. The van der Waals surface area contributed by atoms with Crippen LogP contribution in [0.5, 0.6) is 0 Å². The smallest absolute Gasteiger partial charge is 0.193 e. The lowest BCUT2D eigenvalue weighted by molar-refractivity contribution is 0.404. The van der Waals surface area contributed by atoms with Gasteiger partial charge in [-0.1, -0.05) is 19.3 Å². The Morgan fingerprint density at radius 1 is 1.31 bits per heavy atom. The molecule has 1 aliphatic rings. The van der Waals surface area contributed by atoms with Crippen molar-refractivity contribution in [1.82, 2.24) is 0 Å². The van der Waals surface area contributed by atoms with Crippen molar-refractivity contribution in [3.8, 4) is 0 Å². The highest BCUT2D eigenvalue weighted by Crippen LogP contribution is 2.31. The van der Waals surface area contributed by atoms with Crippen molar-refractivity contribution in [1.29, 1.82) is 0 Å². The molecule has 1 aromatic rings. The predicted molar refractivity (Wildman–Crippen MR) is 69.0 cm³/mol. The Morgan fingerprint density at radius 2 is 2.06 bits per heavy atom. The number of allylic oxidation sites excluding steroid dienone is 1. The first kappa shape index (κ1) is 12.1. The van der Waals surface area contributed by atoms with E-state index in [4.69, 9.17) is 27.6 Å². The van der Waals surface area contributed by atoms with Crippen molar-refractivity contribution in [2.45, 2.75) is 32.1 Å². The molecule has 0 N–H and O–H groups in total. The lowest BCUT2D eigenvalue weighted by Gasteiger charge is -2.23. The Bertz CT molecular complexity index is 362. The number of alkyl halides is 1. The maximum atomic E-state index is 6.01. The highest BCUT2D eigenvalue weighted by molar-refractivity contribution is 6.28. The Kier molecular flexibility index (Phi) is 4.37. The summed E-state index contributed by atoms with van der Waals surface area (Å²) in [6, 6.07) is 3.65. The van der Waals surface area contributed by atoms with E-state index in [2.05, 4.69) is 6.08 Å². The van der Waals surface area contributed by atoms with E-state index in [-0.39, 0.29) is 0 Å². The van der Waals surface area contributed by atoms with E-state index < -0.39 is 0 Å². The fourth-order valence-electron chi connectivity index (χ4n) is 2.33. The maximum Gasteiger partial charge on any atom is 0.193 e. The summed E-state index contributed by atoms with van der Waals surface area (Å²) in [6.07, 6.45) is 8.56. The minimum atomic E-state index is 0.434. The zero-order valence-electron chi connectivity index (χ0n) is 9.22. The van der Waals surface area contributed by atoms with Gasteiger partial charge in [-0.25, -0.2) is 0 Å². The molecule has 0 radical (unpaired) electrons. The van der Waals surface area contributed by atoms with Gasteiger partial charge >= 0.3 is 0 Å². The Hall–Kier alpha value is -0.400. The van der Waals surface area contributed by atoms with Crippen LogP contribution in [-0.4, -0.2) is 5.88 Å². The van der Waals surface area contributed by atoms with Crippen LogP contribution in [0.2, 0.25) is 5.22 Å². The fourth-order valence-corrected chi connectivity index (χ4v) is 2.77. The molecule has 1 aromatic heterocycles. The summed E-state index contributed by atoms with van der Waals surface area (Å²) < 4.78 is 5.34. The standard InChI is InChI=1S/C13H16Cl2O/c14-9-11(10-4-2-1-3-5-10)8-12-6-7-13(15)16-12/h6-8,10H,1-5,9H2. The molecule has 88 valence electrons. The monoisotopic (exact) mass is 258 g/mol. The average molecular weight is 259 g/mol. The van der Waals surface area contributed by atoms with Gasteiger partial charge in [0, 0.05) is 5.88 Å². The van der Waals surface area contributed by atoms with Gasteiger partial charge in [-0.15, -0.1) is 11.6 Å². The second kappa shape index (κ2) is 5.79. The van der Waals surface area contributed by atoms with E-state index >= 15 is 0 Å². The fraction of sp³-hybridized carbons (Fsp3) is 0.538. The molecule has 1 heterocycles. The van der Waals surface area contributed by atoms with Crippen LogP contribution < -0.4 is 0 Å². The van der Waals surface area contributed by atoms with E-state index in [9.17, 15) is 0 Å². The third-order valence-electron chi connectivity index (χ3n) is 3.21. The second-order valence-electron chi connectivity index (χ2n) is 4.33. The largest absolute Gasteiger partial charge is 0.445 e. The van der Waals surface area contributed by atoms with E-state index in [1.165, 1.54) is 37.7 Å². The van der Waals surface area contributed by atoms with Crippen LogP contribution in [0.3, 0.4) is 0 Å². The molecule has 1 nitrogen and oxygen atoms in total. The molecule has 1 aliphatic carbocycles. The van der Waals surface area contributed by atoms with Gasteiger partial charge in [-0.05, 0) is 54.1 Å². The van der Waals surface area contributed by atoms with Crippen molar-refractivity contribution in [2.75, 3.05) is 5.88 Å². The molecular weight excluding hydrogens is 243 g/mol. The van der Waals surface area contributed by atoms with E-state index in [1.807, 2.05) is 6.07 Å². The second-order valence-corrected chi connectivity index (χ2v) is 4.97. The van der Waals surface area contributed by atoms with Gasteiger partial charge < -0.3 is 4.42 Å². The van der Waals surface area contributed by atoms with Gasteiger partial charge in [0.15, 0.2) is 5.22 Å². The normalized spacial score (nSPS) is 19.0.